The van der Waals surface area contributed by atoms with E-state index in [1.165, 1.54) is 25.7 Å². The van der Waals surface area contributed by atoms with Gasteiger partial charge in [-0.05, 0) is 44.4 Å². The van der Waals surface area contributed by atoms with Crippen LogP contribution in [0.1, 0.15) is 51.4 Å². The Balaban J connectivity index is 1.85. The summed E-state index contributed by atoms with van der Waals surface area (Å²) in [5.74, 6) is 0.993. The highest BCUT2D eigenvalue weighted by molar-refractivity contribution is 5.77. The fourth-order valence-electron chi connectivity index (χ4n) is 2.84. The van der Waals surface area contributed by atoms with Gasteiger partial charge in [0, 0.05) is 25.6 Å². The highest BCUT2D eigenvalue weighted by atomic mass is 16.3. The van der Waals surface area contributed by atoms with E-state index < -0.39 is 0 Å². The molecule has 1 atom stereocenters. The lowest BCUT2D eigenvalue weighted by Gasteiger charge is -2.37. The van der Waals surface area contributed by atoms with E-state index in [1.54, 1.807) is 0 Å². The van der Waals surface area contributed by atoms with Crippen LogP contribution < -0.4 is 0 Å². The predicted molar refractivity (Wildman–Crippen MR) is 63.0 cm³/mol. The molecule has 3 nitrogen and oxygen atoms in total. The number of aliphatic hydroxyl groups excluding tert-OH is 1. The van der Waals surface area contributed by atoms with Gasteiger partial charge in [-0.25, -0.2) is 0 Å². The fraction of sp³-hybridized carbons (Fsp3) is 0.923. The third-order valence-corrected chi connectivity index (χ3v) is 4.10. The van der Waals surface area contributed by atoms with Crippen LogP contribution in [0, 0.1) is 5.92 Å². The van der Waals surface area contributed by atoms with Crippen molar-refractivity contribution in [3.63, 3.8) is 0 Å². The molecule has 0 radical (unpaired) electrons. The van der Waals surface area contributed by atoms with Gasteiger partial charge in [0.25, 0.3) is 0 Å². The molecule has 1 amide bonds. The quantitative estimate of drug-likeness (QED) is 0.794. The zero-order chi connectivity index (χ0) is 11.4. The molecular weight excluding hydrogens is 202 g/mol. The molecule has 0 aromatic heterocycles. The van der Waals surface area contributed by atoms with Gasteiger partial charge in [-0.3, -0.25) is 4.79 Å². The van der Waals surface area contributed by atoms with Crippen molar-refractivity contribution in [3.8, 4) is 0 Å². The SMILES string of the molecule is O=C(CC1CCC1)N1CCCCC1CCO. The minimum Gasteiger partial charge on any atom is -0.396 e. The number of rotatable bonds is 4. The Morgan fingerprint density at radius 1 is 1.19 bits per heavy atom. The zero-order valence-electron chi connectivity index (χ0n) is 10.0. The first-order chi connectivity index (χ1) is 7.81. The molecule has 1 saturated heterocycles. The lowest BCUT2D eigenvalue weighted by atomic mass is 9.82. The highest BCUT2D eigenvalue weighted by Gasteiger charge is 2.29. The van der Waals surface area contributed by atoms with Crippen molar-refractivity contribution in [1.29, 1.82) is 0 Å². The van der Waals surface area contributed by atoms with E-state index in [0.29, 0.717) is 17.9 Å². The van der Waals surface area contributed by atoms with E-state index in [1.807, 2.05) is 4.90 Å². The van der Waals surface area contributed by atoms with E-state index in [0.717, 1.165) is 32.2 Å². The molecule has 92 valence electrons. The van der Waals surface area contributed by atoms with Crippen molar-refractivity contribution < 1.29 is 9.90 Å². The summed E-state index contributed by atoms with van der Waals surface area (Å²) >= 11 is 0. The summed E-state index contributed by atoms with van der Waals surface area (Å²) in [6.07, 6.45) is 8.72. The van der Waals surface area contributed by atoms with Crippen LogP contribution in [-0.2, 0) is 4.79 Å². The Kier molecular flexibility index (Phi) is 4.22. The molecule has 2 aliphatic rings. The van der Waals surface area contributed by atoms with Crippen LogP contribution in [0.4, 0.5) is 0 Å². The van der Waals surface area contributed by atoms with Gasteiger partial charge in [-0.15, -0.1) is 0 Å². The van der Waals surface area contributed by atoms with Crippen LogP contribution in [0.2, 0.25) is 0 Å². The molecule has 0 spiro atoms. The van der Waals surface area contributed by atoms with Gasteiger partial charge in [-0.2, -0.15) is 0 Å². The van der Waals surface area contributed by atoms with Gasteiger partial charge in [0.15, 0.2) is 0 Å². The van der Waals surface area contributed by atoms with Crippen LogP contribution in [-0.4, -0.2) is 35.1 Å². The van der Waals surface area contributed by atoms with Crippen molar-refractivity contribution in [2.75, 3.05) is 13.2 Å². The number of likely N-dealkylation sites (tertiary alicyclic amines) is 1. The zero-order valence-corrected chi connectivity index (χ0v) is 10.0. The molecule has 1 aliphatic carbocycles. The Labute approximate surface area is 97.8 Å². The summed E-state index contributed by atoms with van der Waals surface area (Å²) in [4.78, 5) is 14.2. The maximum Gasteiger partial charge on any atom is 0.223 e. The minimum atomic E-state index is 0.206. The van der Waals surface area contributed by atoms with Crippen molar-refractivity contribution in [1.82, 2.24) is 4.90 Å². The predicted octanol–water partition coefficient (Wildman–Crippen LogP) is 1.94. The lowest BCUT2D eigenvalue weighted by Crippen LogP contribution is -2.45. The second kappa shape index (κ2) is 5.67. The molecule has 0 bridgehead atoms. The number of nitrogens with zero attached hydrogens (tertiary/aromatic N) is 1. The molecule has 3 heteroatoms. The van der Waals surface area contributed by atoms with Crippen molar-refractivity contribution >= 4 is 5.91 Å². The number of carbonyl (C=O) groups excluding carboxylic acids is 1. The number of hydrogen-bond donors (Lipinski definition) is 1. The first-order valence-corrected chi connectivity index (χ1v) is 6.71. The summed E-state index contributed by atoms with van der Waals surface area (Å²) in [7, 11) is 0. The number of hydrogen-bond acceptors (Lipinski definition) is 2. The molecule has 2 rings (SSSR count). The Morgan fingerprint density at radius 3 is 2.62 bits per heavy atom. The second-order valence-electron chi connectivity index (χ2n) is 5.25. The second-order valence-corrected chi connectivity index (χ2v) is 5.25. The fourth-order valence-corrected chi connectivity index (χ4v) is 2.84. The summed E-state index contributed by atoms with van der Waals surface area (Å²) < 4.78 is 0. The van der Waals surface area contributed by atoms with E-state index in [-0.39, 0.29) is 6.61 Å². The van der Waals surface area contributed by atoms with E-state index in [2.05, 4.69) is 0 Å². The van der Waals surface area contributed by atoms with Crippen LogP contribution in [0.3, 0.4) is 0 Å². The van der Waals surface area contributed by atoms with Gasteiger partial charge in [0.05, 0.1) is 0 Å². The van der Waals surface area contributed by atoms with E-state index >= 15 is 0 Å². The Hall–Kier alpha value is -0.570. The van der Waals surface area contributed by atoms with Gasteiger partial charge in [-0.1, -0.05) is 6.42 Å². The molecule has 1 heterocycles. The molecule has 16 heavy (non-hydrogen) atoms. The summed E-state index contributed by atoms with van der Waals surface area (Å²) in [6, 6.07) is 0.311. The molecule has 2 fully saturated rings. The lowest BCUT2D eigenvalue weighted by molar-refractivity contribution is -0.136. The first-order valence-electron chi connectivity index (χ1n) is 6.71. The summed E-state index contributed by atoms with van der Waals surface area (Å²) in [5, 5.41) is 9.02. The number of amides is 1. The number of carbonyl (C=O) groups is 1. The van der Waals surface area contributed by atoms with Crippen LogP contribution >= 0.6 is 0 Å². The normalized spacial score (nSPS) is 26.6. The van der Waals surface area contributed by atoms with Crippen molar-refractivity contribution in [2.45, 2.75) is 57.4 Å². The largest absolute Gasteiger partial charge is 0.396 e. The molecule has 0 aromatic rings. The monoisotopic (exact) mass is 225 g/mol. The molecule has 1 saturated carbocycles. The molecule has 1 unspecified atom stereocenters. The summed E-state index contributed by atoms with van der Waals surface area (Å²) in [5.41, 5.74) is 0. The Morgan fingerprint density at radius 2 is 2.00 bits per heavy atom. The van der Waals surface area contributed by atoms with Crippen LogP contribution in [0.5, 0.6) is 0 Å². The van der Waals surface area contributed by atoms with E-state index in [4.69, 9.17) is 5.11 Å². The smallest absolute Gasteiger partial charge is 0.223 e. The highest BCUT2D eigenvalue weighted by Crippen LogP contribution is 2.31. The first kappa shape index (κ1) is 11.9. The average Bonchev–Trinajstić information content (AvgIpc) is 2.24. The number of piperidine rings is 1. The summed E-state index contributed by atoms with van der Waals surface area (Å²) in [6.45, 7) is 1.12. The van der Waals surface area contributed by atoms with Gasteiger partial charge in [0.1, 0.15) is 0 Å². The third-order valence-electron chi connectivity index (χ3n) is 4.10. The van der Waals surface area contributed by atoms with Crippen molar-refractivity contribution in [3.05, 3.63) is 0 Å². The van der Waals surface area contributed by atoms with Gasteiger partial charge >= 0.3 is 0 Å². The number of aliphatic hydroxyl groups is 1. The molecule has 1 aliphatic heterocycles. The third kappa shape index (κ3) is 2.76. The van der Waals surface area contributed by atoms with E-state index in [9.17, 15) is 4.79 Å². The van der Waals surface area contributed by atoms with Crippen LogP contribution in [0.15, 0.2) is 0 Å². The van der Waals surface area contributed by atoms with Gasteiger partial charge < -0.3 is 10.0 Å². The standard InChI is InChI=1S/C13H23NO2/c15-9-7-12-6-1-2-8-14(12)13(16)10-11-4-3-5-11/h11-12,15H,1-10H2. The molecular formula is C13H23NO2. The molecule has 1 N–H and O–H groups in total. The van der Waals surface area contributed by atoms with Crippen molar-refractivity contribution in [2.24, 2.45) is 5.92 Å². The maximum atomic E-state index is 12.1. The minimum absolute atomic E-state index is 0.206. The van der Waals surface area contributed by atoms with Crippen LogP contribution in [0.25, 0.3) is 0 Å². The molecule has 0 aromatic carbocycles. The Bertz CT molecular complexity index is 236. The maximum absolute atomic E-state index is 12.1. The topological polar surface area (TPSA) is 40.5 Å². The van der Waals surface area contributed by atoms with Gasteiger partial charge in [0.2, 0.25) is 5.91 Å². The average molecular weight is 225 g/mol.